The summed E-state index contributed by atoms with van der Waals surface area (Å²) in [7, 11) is 0. The van der Waals surface area contributed by atoms with Crippen LogP contribution in [0.2, 0.25) is 0 Å². The number of aliphatic imine (C=N–C) groups is 1. The number of hydrogen-bond donors (Lipinski definition) is 1. The number of nitrogens with two attached hydrogens (primary N) is 1. The van der Waals surface area contributed by atoms with Gasteiger partial charge in [0.1, 0.15) is 0 Å². The SMILES string of the molecule is CC(C)C1(C)CC1N=C(N)N1CCSCC1. The van der Waals surface area contributed by atoms with Gasteiger partial charge in [-0.3, -0.25) is 0 Å². The molecule has 1 heterocycles. The van der Waals surface area contributed by atoms with Crippen molar-refractivity contribution in [3.63, 3.8) is 0 Å². The van der Waals surface area contributed by atoms with Crippen molar-refractivity contribution in [1.82, 2.24) is 4.90 Å². The summed E-state index contributed by atoms with van der Waals surface area (Å²) in [6, 6.07) is 0.460. The second kappa shape index (κ2) is 4.47. The van der Waals surface area contributed by atoms with Crippen molar-refractivity contribution in [3.8, 4) is 0 Å². The lowest BCUT2D eigenvalue weighted by atomic mass is 9.94. The number of hydrogen-bond acceptors (Lipinski definition) is 2. The van der Waals surface area contributed by atoms with Crippen LogP contribution in [0, 0.1) is 11.3 Å². The Kier molecular flexibility index (Phi) is 3.38. The Morgan fingerprint density at radius 3 is 2.56 bits per heavy atom. The summed E-state index contributed by atoms with van der Waals surface area (Å²) >= 11 is 2.00. The highest BCUT2D eigenvalue weighted by Crippen LogP contribution is 2.53. The summed E-state index contributed by atoms with van der Waals surface area (Å²) in [6.07, 6.45) is 1.20. The van der Waals surface area contributed by atoms with E-state index in [2.05, 4.69) is 25.7 Å². The number of nitrogens with zero attached hydrogens (tertiary/aromatic N) is 2. The van der Waals surface area contributed by atoms with Crippen LogP contribution in [0.3, 0.4) is 0 Å². The van der Waals surface area contributed by atoms with Crippen molar-refractivity contribution >= 4 is 17.7 Å². The third kappa shape index (κ3) is 2.31. The normalized spacial score (nSPS) is 35.6. The molecule has 0 bridgehead atoms. The lowest BCUT2D eigenvalue weighted by Crippen LogP contribution is -2.43. The van der Waals surface area contributed by atoms with Crippen LogP contribution in [0.15, 0.2) is 4.99 Å². The summed E-state index contributed by atoms with van der Waals surface area (Å²) in [4.78, 5) is 6.93. The first-order valence-electron chi connectivity index (χ1n) is 6.20. The molecule has 0 amide bonds. The molecule has 2 fully saturated rings. The minimum atomic E-state index is 0.398. The molecule has 2 unspecified atom stereocenters. The van der Waals surface area contributed by atoms with E-state index in [9.17, 15) is 0 Å². The molecule has 2 N–H and O–H groups in total. The maximum Gasteiger partial charge on any atom is 0.191 e. The molecule has 92 valence electrons. The predicted molar refractivity (Wildman–Crippen MR) is 71.9 cm³/mol. The summed E-state index contributed by atoms with van der Waals surface area (Å²) in [6.45, 7) is 9.01. The van der Waals surface area contributed by atoms with Gasteiger partial charge in [-0.05, 0) is 17.8 Å². The monoisotopic (exact) mass is 241 g/mol. The van der Waals surface area contributed by atoms with Gasteiger partial charge in [0.25, 0.3) is 0 Å². The van der Waals surface area contributed by atoms with E-state index in [1.54, 1.807) is 0 Å². The lowest BCUT2D eigenvalue weighted by molar-refractivity contribution is 0.380. The van der Waals surface area contributed by atoms with Crippen LogP contribution in [-0.4, -0.2) is 41.5 Å². The third-order valence-electron chi connectivity index (χ3n) is 4.18. The Labute approximate surface area is 103 Å². The van der Waals surface area contributed by atoms with Crippen molar-refractivity contribution in [2.45, 2.75) is 33.2 Å². The van der Waals surface area contributed by atoms with E-state index in [0.29, 0.717) is 17.4 Å². The predicted octanol–water partition coefficient (Wildman–Crippen LogP) is 1.78. The highest BCUT2D eigenvalue weighted by Gasteiger charge is 2.52. The van der Waals surface area contributed by atoms with Gasteiger partial charge >= 0.3 is 0 Å². The van der Waals surface area contributed by atoms with E-state index in [1.807, 2.05) is 11.8 Å². The Hall–Kier alpha value is -0.380. The lowest BCUT2D eigenvalue weighted by Gasteiger charge is -2.27. The van der Waals surface area contributed by atoms with Gasteiger partial charge in [0, 0.05) is 24.6 Å². The van der Waals surface area contributed by atoms with E-state index in [1.165, 1.54) is 17.9 Å². The minimum absolute atomic E-state index is 0.398. The van der Waals surface area contributed by atoms with Gasteiger partial charge in [-0.25, -0.2) is 4.99 Å². The highest BCUT2D eigenvalue weighted by atomic mass is 32.2. The molecule has 3 nitrogen and oxygen atoms in total. The van der Waals surface area contributed by atoms with Gasteiger partial charge in [0.15, 0.2) is 5.96 Å². The van der Waals surface area contributed by atoms with E-state index in [0.717, 1.165) is 19.0 Å². The quantitative estimate of drug-likeness (QED) is 0.592. The number of guanidine groups is 1. The van der Waals surface area contributed by atoms with Gasteiger partial charge in [-0.1, -0.05) is 20.8 Å². The Morgan fingerprint density at radius 1 is 1.44 bits per heavy atom. The Balaban J connectivity index is 1.93. The Morgan fingerprint density at radius 2 is 2.06 bits per heavy atom. The van der Waals surface area contributed by atoms with Gasteiger partial charge < -0.3 is 10.6 Å². The van der Waals surface area contributed by atoms with Gasteiger partial charge in [-0.2, -0.15) is 11.8 Å². The molecular formula is C12H23N3S. The van der Waals surface area contributed by atoms with Crippen LogP contribution in [0.25, 0.3) is 0 Å². The number of thioether (sulfide) groups is 1. The van der Waals surface area contributed by atoms with E-state index >= 15 is 0 Å². The maximum atomic E-state index is 6.08. The fourth-order valence-corrected chi connectivity index (χ4v) is 3.11. The molecule has 0 aromatic heterocycles. The second-order valence-corrected chi connectivity index (χ2v) is 6.69. The zero-order chi connectivity index (χ0) is 11.8. The summed E-state index contributed by atoms with van der Waals surface area (Å²) in [5.74, 6) is 3.84. The first-order valence-corrected chi connectivity index (χ1v) is 7.35. The minimum Gasteiger partial charge on any atom is -0.370 e. The molecule has 0 radical (unpaired) electrons. The largest absolute Gasteiger partial charge is 0.370 e. The maximum absolute atomic E-state index is 6.08. The highest BCUT2D eigenvalue weighted by molar-refractivity contribution is 7.99. The Bertz CT molecular complexity index is 284. The standard InChI is InChI=1S/C12H23N3S/c1-9(2)12(3)8-10(12)14-11(13)15-4-6-16-7-5-15/h9-10H,4-8H2,1-3H3,(H2,13,14). The van der Waals surface area contributed by atoms with E-state index in [-0.39, 0.29) is 0 Å². The van der Waals surface area contributed by atoms with Crippen LogP contribution in [0.5, 0.6) is 0 Å². The molecule has 1 aliphatic heterocycles. The first kappa shape index (κ1) is 12.1. The van der Waals surface area contributed by atoms with Crippen LogP contribution in [-0.2, 0) is 0 Å². The average molecular weight is 241 g/mol. The molecule has 2 aliphatic rings. The second-order valence-electron chi connectivity index (χ2n) is 5.47. The van der Waals surface area contributed by atoms with Crippen LogP contribution >= 0.6 is 11.8 Å². The topological polar surface area (TPSA) is 41.6 Å². The van der Waals surface area contributed by atoms with Crippen LogP contribution in [0.1, 0.15) is 27.2 Å². The molecule has 1 aliphatic carbocycles. The van der Waals surface area contributed by atoms with Crippen molar-refractivity contribution in [1.29, 1.82) is 0 Å². The summed E-state index contributed by atoms with van der Waals surface area (Å²) < 4.78 is 0. The molecule has 0 aromatic rings. The zero-order valence-corrected chi connectivity index (χ0v) is 11.4. The summed E-state index contributed by atoms with van der Waals surface area (Å²) in [5.41, 5.74) is 6.48. The molecule has 0 spiro atoms. The molecule has 1 saturated carbocycles. The molecule has 16 heavy (non-hydrogen) atoms. The van der Waals surface area contributed by atoms with Gasteiger partial charge in [0.2, 0.25) is 0 Å². The zero-order valence-electron chi connectivity index (χ0n) is 10.6. The smallest absolute Gasteiger partial charge is 0.191 e. The van der Waals surface area contributed by atoms with E-state index < -0.39 is 0 Å². The van der Waals surface area contributed by atoms with Crippen molar-refractivity contribution in [2.75, 3.05) is 24.6 Å². The fraction of sp³-hybridized carbons (Fsp3) is 0.917. The molecular weight excluding hydrogens is 218 g/mol. The molecule has 4 heteroatoms. The van der Waals surface area contributed by atoms with Gasteiger partial charge in [0.05, 0.1) is 6.04 Å². The van der Waals surface area contributed by atoms with Crippen molar-refractivity contribution in [2.24, 2.45) is 22.1 Å². The third-order valence-corrected chi connectivity index (χ3v) is 5.12. The van der Waals surface area contributed by atoms with Crippen molar-refractivity contribution < 1.29 is 0 Å². The van der Waals surface area contributed by atoms with Gasteiger partial charge in [-0.15, -0.1) is 0 Å². The molecule has 1 saturated heterocycles. The molecule has 2 atom stereocenters. The van der Waals surface area contributed by atoms with E-state index in [4.69, 9.17) is 10.7 Å². The van der Waals surface area contributed by atoms with Crippen LogP contribution in [0.4, 0.5) is 0 Å². The molecule has 0 aromatic carbocycles. The van der Waals surface area contributed by atoms with Crippen molar-refractivity contribution in [3.05, 3.63) is 0 Å². The fourth-order valence-electron chi connectivity index (χ4n) is 2.21. The first-order chi connectivity index (χ1) is 7.54. The summed E-state index contributed by atoms with van der Waals surface area (Å²) in [5, 5.41) is 0. The molecule has 2 rings (SSSR count). The number of rotatable bonds is 2. The van der Waals surface area contributed by atoms with Crippen LogP contribution < -0.4 is 5.73 Å². The average Bonchev–Trinajstić information content (AvgIpc) is 2.92.